The van der Waals surface area contributed by atoms with Crippen molar-refractivity contribution in [1.29, 1.82) is 0 Å². The van der Waals surface area contributed by atoms with Gasteiger partial charge in [-0.15, -0.1) is 0 Å². The fourth-order valence-electron chi connectivity index (χ4n) is 4.65. The van der Waals surface area contributed by atoms with E-state index in [2.05, 4.69) is 40.9 Å². The third-order valence-electron chi connectivity index (χ3n) is 6.94. The van der Waals surface area contributed by atoms with Gasteiger partial charge in [0.15, 0.2) is 0 Å². The van der Waals surface area contributed by atoms with Crippen LogP contribution >= 0.6 is 0 Å². The van der Waals surface area contributed by atoms with Crippen LogP contribution in [0.2, 0.25) is 0 Å². The first-order chi connectivity index (χ1) is 17.9. The van der Waals surface area contributed by atoms with Crippen LogP contribution in [0.25, 0.3) is 0 Å². The van der Waals surface area contributed by atoms with Gasteiger partial charge in [0.25, 0.3) is 0 Å². The van der Waals surface area contributed by atoms with E-state index < -0.39 is 15.9 Å². The number of carbonyl (C=O) groups excluding carboxylic acids is 1. The van der Waals surface area contributed by atoms with Crippen LogP contribution in [0.4, 0.5) is 17.1 Å². The Bertz CT molecular complexity index is 1410. The van der Waals surface area contributed by atoms with Gasteiger partial charge in [-0.05, 0) is 73.0 Å². The molecule has 0 radical (unpaired) electrons. The summed E-state index contributed by atoms with van der Waals surface area (Å²) in [5.41, 5.74) is 5.27. The standard InChI is InChI=1S/C29H32N4O3S/c1-3-33(4-2)19-20-10-12-22(13-11-20)30-28(21-8-6-5-7-9-21)27-25-18-23(14-17-26(25)31-29(27)34)32-37(35,36)24-15-16-24/h5-14,17-18,24,27,32H,3-4,15-16,19H2,1-2H3,(H,31,34). The third kappa shape index (κ3) is 5.60. The van der Waals surface area contributed by atoms with Crippen molar-refractivity contribution in [1.82, 2.24) is 4.90 Å². The molecule has 0 saturated heterocycles. The fourth-order valence-corrected chi connectivity index (χ4v) is 6.03. The first-order valence-electron chi connectivity index (χ1n) is 12.8. The molecule has 3 aromatic carbocycles. The fraction of sp³-hybridized carbons (Fsp3) is 0.310. The van der Waals surface area contributed by atoms with Crippen molar-refractivity contribution in [2.45, 2.75) is 44.4 Å². The largest absolute Gasteiger partial charge is 0.325 e. The summed E-state index contributed by atoms with van der Waals surface area (Å²) in [6.45, 7) is 7.16. The first-order valence-corrected chi connectivity index (χ1v) is 14.3. The maximum atomic E-state index is 13.3. The molecule has 7 nitrogen and oxygen atoms in total. The molecule has 192 valence electrons. The Morgan fingerprint density at radius 3 is 2.35 bits per heavy atom. The minimum atomic E-state index is -3.42. The van der Waals surface area contributed by atoms with Crippen molar-refractivity contribution in [2.24, 2.45) is 4.99 Å². The normalized spacial score (nSPS) is 17.5. The van der Waals surface area contributed by atoms with Crippen molar-refractivity contribution < 1.29 is 13.2 Å². The van der Waals surface area contributed by atoms with Crippen LogP contribution in [0.15, 0.2) is 77.8 Å². The van der Waals surface area contributed by atoms with E-state index in [1.54, 1.807) is 18.2 Å². The highest BCUT2D eigenvalue weighted by Crippen LogP contribution is 2.39. The van der Waals surface area contributed by atoms with Gasteiger partial charge in [-0.3, -0.25) is 19.4 Å². The Kier molecular flexibility index (Phi) is 7.13. The van der Waals surface area contributed by atoms with Gasteiger partial charge in [0.1, 0.15) is 5.92 Å². The molecule has 1 atom stereocenters. The zero-order chi connectivity index (χ0) is 26.0. The zero-order valence-electron chi connectivity index (χ0n) is 21.1. The van der Waals surface area contributed by atoms with Crippen molar-refractivity contribution >= 4 is 38.7 Å². The number of hydrogen-bond donors (Lipinski definition) is 2. The van der Waals surface area contributed by atoms with E-state index in [9.17, 15) is 13.2 Å². The number of hydrogen-bond acceptors (Lipinski definition) is 5. The van der Waals surface area contributed by atoms with E-state index in [0.717, 1.165) is 30.9 Å². The van der Waals surface area contributed by atoms with E-state index in [0.29, 0.717) is 35.5 Å². The number of amides is 1. The maximum Gasteiger partial charge on any atom is 0.238 e. The van der Waals surface area contributed by atoms with Crippen molar-refractivity contribution in [3.63, 3.8) is 0 Å². The van der Waals surface area contributed by atoms with E-state index in [-0.39, 0.29) is 11.2 Å². The van der Waals surface area contributed by atoms with Gasteiger partial charge < -0.3 is 5.32 Å². The summed E-state index contributed by atoms with van der Waals surface area (Å²) >= 11 is 0. The van der Waals surface area contributed by atoms with Gasteiger partial charge in [-0.25, -0.2) is 8.42 Å². The molecule has 8 heteroatoms. The Morgan fingerprint density at radius 1 is 1.00 bits per heavy atom. The van der Waals surface area contributed by atoms with Crippen LogP contribution in [0, 0.1) is 0 Å². The Balaban J connectivity index is 1.51. The van der Waals surface area contributed by atoms with E-state index in [1.165, 1.54) is 5.56 Å². The topological polar surface area (TPSA) is 90.9 Å². The van der Waals surface area contributed by atoms with Crippen LogP contribution in [-0.2, 0) is 21.4 Å². The smallest absolute Gasteiger partial charge is 0.238 e. The minimum absolute atomic E-state index is 0.182. The van der Waals surface area contributed by atoms with Crippen LogP contribution in [0.3, 0.4) is 0 Å². The number of carbonyl (C=O) groups is 1. The summed E-state index contributed by atoms with van der Waals surface area (Å²) in [4.78, 5) is 20.6. The molecule has 1 heterocycles. The molecule has 1 aliphatic heterocycles. The van der Waals surface area contributed by atoms with Gasteiger partial charge in [0.05, 0.1) is 16.6 Å². The summed E-state index contributed by atoms with van der Waals surface area (Å²) in [5.74, 6) is -0.851. The molecule has 3 aromatic rings. The highest BCUT2D eigenvalue weighted by Gasteiger charge is 2.38. The second-order valence-electron chi connectivity index (χ2n) is 9.56. The molecule has 1 unspecified atom stereocenters. The zero-order valence-corrected chi connectivity index (χ0v) is 22.0. The number of anilines is 2. The van der Waals surface area contributed by atoms with Crippen molar-refractivity contribution in [2.75, 3.05) is 23.1 Å². The number of nitrogens with one attached hydrogen (secondary N) is 2. The van der Waals surface area contributed by atoms with Gasteiger partial charge >= 0.3 is 0 Å². The molecule has 1 fully saturated rings. The minimum Gasteiger partial charge on any atom is -0.325 e. The summed E-state index contributed by atoms with van der Waals surface area (Å²) in [5, 5.41) is 2.62. The lowest BCUT2D eigenvalue weighted by Crippen LogP contribution is -2.22. The summed E-state index contributed by atoms with van der Waals surface area (Å²) in [6.07, 6.45) is 1.36. The molecule has 1 amide bonds. The molecule has 37 heavy (non-hydrogen) atoms. The highest BCUT2D eigenvalue weighted by atomic mass is 32.2. The Labute approximate surface area is 218 Å². The van der Waals surface area contributed by atoms with Gasteiger partial charge in [-0.2, -0.15) is 0 Å². The summed E-state index contributed by atoms with van der Waals surface area (Å²) < 4.78 is 27.7. The predicted molar refractivity (Wildman–Crippen MR) is 149 cm³/mol. The average Bonchev–Trinajstić information content (AvgIpc) is 3.72. The quantitative estimate of drug-likeness (QED) is 0.358. The van der Waals surface area contributed by atoms with Crippen LogP contribution in [0.5, 0.6) is 0 Å². The number of aliphatic imine (C=N–C) groups is 1. The lowest BCUT2D eigenvalue weighted by Gasteiger charge is -2.18. The van der Waals surface area contributed by atoms with Gasteiger partial charge in [-0.1, -0.05) is 56.3 Å². The second kappa shape index (κ2) is 10.5. The first kappa shape index (κ1) is 25.2. The number of nitrogens with zero attached hydrogens (tertiary/aromatic N) is 2. The monoisotopic (exact) mass is 516 g/mol. The highest BCUT2D eigenvalue weighted by molar-refractivity contribution is 7.93. The number of benzene rings is 3. The average molecular weight is 517 g/mol. The second-order valence-corrected chi connectivity index (χ2v) is 11.5. The lowest BCUT2D eigenvalue weighted by molar-refractivity contribution is -0.115. The van der Waals surface area contributed by atoms with Crippen LogP contribution in [0.1, 0.15) is 49.3 Å². The van der Waals surface area contributed by atoms with Crippen LogP contribution in [-0.4, -0.2) is 43.3 Å². The maximum absolute atomic E-state index is 13.3. The van der Waals surface area contributed by atoms with Gasteiger partial charge in [0.2, 0.25) is 15.9 Å². The van der Waals surface area contributed by atoms with Crippen molar-refractivity contribution in [3.05, 3.63) is 89.5 Å². The Morgan fingerprint density at radius 2 is 1.70 bits per heavy atom. The molecule has 2 aliphatic rings. The predicted octanol–water partition coefficient (Wildman–Crippen LogP) is 5.29. The van der Waals surface area contributed by atoms with Crippen LogP contribution < -0.4 is 10.0 Å². The number of fused-ring (bicyclic) bond motifs is 1. The molecular weight excluding hydrogens is 484 g/mol. The lowest BCUT2D eigenvalue weighted by atomic mass is 9.90. The SMILES string of the molecule is CCN(CC)Cc1ccc(N=C(c2ccccc2)C2C(=O)Nc3ccc(NS(=O)(=O)C4CC4)cc32)cc1. The summed E-state index contributed by atoms with van der Waals surface area (Å²) in [6, 6.07) is 23.0. The molecule has 0 spiro atoms. The molecule has 1 aliphatic carbocycles. The number of rotatable bonds is 10. The molecule has 0 aromatic heterocycles. The Hall–Kier alpha value is -3.49. The molecule has 1 saturated carbocycles. The van der Waals surface area contributed by atoms with E-state index in [1.807, 2.05) is 42.5 Å². The van der Waals surface area contributed by atoms with Crippen molar-refractivity contribution in [3.8, 4) is 0 Å². The molecule has 2 N–H and O–H groups in total. The third-order valence-corrected chi connectivity index (χ3v) is 8.80. The van der Waals surface area contributed by atoms with Gasteiger partial charge in [0, 0.05) is 17.9 Å². The molecular formula is C29H32N4O3S. The molecule has 5 rings (SSSR count). The summed E-state index contributed by atoms with van der Waals surface area (Å²) in [7, 11) is -3.42. The molecule has 0 bridgehead atoms. The van der Waals surface area contributed by atoms with E-state index in [4.69, 9.17) is 4.99 Å². The van der Waals surface area contributed by atoms with E-state index >= 15 is 0 Å². The number of sulfonamides is 1.